The molecule has 0 saturated heterocycles. The minimum absolute atomic E-state index is 0. The summed E-state index contributed by atoms with van der Waals surface area (Å²) in [5.74, 6) is 0. The molecule has 0 amide bonds. The molecule has 4 N–H and O–H groups in total. The number of halogens is 2. The van der Waals surface area contributed by atoms with Crippen LogP contribution in [0.3, 0.4) is 0 Å². The van der Waals surface area contributed by atoms with Gasteiger partial charge in [-0.25, -0.2) is 0 Å². The predicted octanol–water partition coefficient (Wildman–Crippen LogP) is -7.64. The molecule has 39 valence electrons. The minimum atomic E-state index is 0. The summed E-state index contributed by atoms with van der Waals surface area (Å²) in [6, 6.07) is 0. The van der Waals surface area contributed by atoms with Crippen LogP contribution in [0.5, 0.6) is 0 Å². The van der Waals surface area contributed by atoms with E-state index in [1.807, 2.05) is 0 Å². The molecule has 0 aliphatic carbocycles. The Morgan fingerprint density at radius 3 is 0.600 bits per heavy atom. The van der Waals surface area contributed by atoms with Crippen LogP contribution in [0.25, 0.3) is 0 Å². The van der Waals surface area contributed by atoms with Crippen molar-refractivity contribution >= 4 is 0 Å². The summed E-state index contributed by atoms with van der Waals surface area (Å²) >= 11 is 0. The summed E-state index contributed by atoms with van der Waals surface area (Å²) in [6.07, 6.45) is 0. The summed E-state index contributed by atoms with van der Waals surface area (Å²) in [6.45, 7) is 0. The van der Waals surface area contributed by atoms with Crippen molar-refractivity contribution in [3.63, 3.8) is 0 Å². The maximum absolute atomic E-state index is 0. The average molecular weight is 255 g/mol. The van der Waals surface area contributed by atoms with Crippen molar-refractivity contribution in [1.29, 1.82) is 0 Å². The molecule has 0 aliphatic rings. The van der Waals surface area contributed by atoms with Gasteiger partial charge in [0.1, 0.15) is 0 Å². The zero-order valence-corrected chi connectivity index (χ0v) is 6.30. The first-order valence-corrected chi connectivity index (χ1v) is 0. The number of hydrogen-bond acceptors (Lipinski definition) is 0. The summed E-state index contributed by atoms with van der Waals surface area (Å²) in [5.41, 5.74) is 0. The molecule has 0 aromatic heterocycles. The van der Waals surface area contributed by atoms with Crippen molar-refractivity contribution in [3.8, 4) is 0 Å². The summed E-state index contributed by atoms with van der Waals surface area (Å²) in [7, 11) is 0. The van der Waals surface area contributed by atoms with Crippen molar-refractivity contribution in [2.45, 2.75) is 0 Å². The third kappa shape index (κ3) is 32.1. The monoisotopic (exact) mass is 253 g/mol. The van der Waals surface area contributed by atoms with Crippen molar-refractivity contribution in [2.75, 3.05) is 0 Å². The van der Waals surface area contributed by atoms with E-state index in [2.05, 4.69) is 0 Å². The Labute approximate surface area is 61.7 Å². The molecule has 0 rings (SSSR count). The number of hydrogen-bond donors (Lipinski definition) is 0. The van der Waals surface area contributed by atoms with Crippen LogP contribution in [0.1, 0.15) is 0 Å². The quantitative estimate of drug-likeness (QED) is 0.412. The first kappa shape index (κ1) is 96.4. The molecule has 0 aromatic rings. The fourth-order valence-electron chi connectivity index (χ4n) is 0. The fraction of sp³-hybridized carbons (Fsp3) is 0. The van der Waals surface area contributed by atoms with E-state index in [-0.39, 0.29) is 61.7 Å². The predicted molar refractivity (Wildman–Crippen MR) is 7.23 cm³/mol. The van der Waals surface area contributed by atoms with Gasteiger partial charge < -0.3 is 44.9 Å². The molecule has 0 aromatic carbocycles. The summed E-state index contributed by atoms with van der Waals surface area (Å²) < 4.78 is 0. The van der Waals surface area contributed by atoms with Crippen molar-refractivity contribution in [1.82, 2.24) is 0 Å². The molecule has 0 aliphatic heterocycles. The standard InChI is InChI=1S/2BrH.Co.2H2O/h2*1H;;2*1H2/q;;+2;;/p-2. The van der Waals surface area contributed by atoms with Gasteiger partial charge in [0.15, 0.2) is 0 Å². The van der Waals surface area contributed by atoms with E-state index in [0.29, 0.717) is 0 Å². The van der Waals surface area contributed by atoms with E-state index in [4.69, 9.17) is 0 Å². The van der Waals surface area contributed by atoms with Crippen LogP contribution in [0, 0.1) is 0 Å². The fourth-order valence-corrected chi connectivity index (χ4v) is 0. The topological polar surface area (TPSA) is 63.0 Å². The van der Waals surface area contributed by atoms with E-state index in [0.717, 1.165) is 0 Å². The molecule has 0 unspecified atom stereocenters. The van der Waals surface area contributed by atoms with Gasteiger partial charge in [0, 0.05) is 0 Å². The maximum atomic E-state index is 0. The van der Waals surface area contributed by atoms with Gasteiger partial charge in [-0.05, 0) is 0 Å². The van der Waals surface area contributed by atoms with E-state index in [1.54, 1.807) is 0 Å². The van der Waals surface area contributed by atoms with Crippen molar-refractivity contribution in [2.24, 2.45) is 0 Å². The minimum Gasteiger partial charge on any atom is -1.00 e. The summed E-state index contributed by atoms with van der Waals surface area (Å²) in [4.78, 5) is 0. The van der Waals surface area contributed by atoms with E-state index >= 15 is 0 Å². The smallest absolute Gasteiger partial charge is 1.00 e. The van der Waals surface area contributed by atoms with Crippen LogP contribution in [0.15, 0.2) is 0 Å². The van der Waals surface area contributed by atoms with Gasteiger partial charge in [-0.1, -0.05) is 0 Å². The molecule has 5 heteroatoms. The van der Waals surface area contributed by atoms with Crippen LogP contribution in [-0.2, 0) is 16.8 Å². The molecule has 0 fully saturated rings. The zero-order valence-electron chi connectivity index (χ0n) is 2.09. The Morgan fingerprint density at radius 2 is 0.600 bits per heavy atom. The first-order valence-electron chi connectivity index (χ1n) is 0. The van der Waals surface area contributed by atoms with E-state index in [1.165, 1.54) is 0 Å². The third-order valence-corrected chi connectivity index (χ3v) is 0. The molecule has 0 spiro atoms. The second-order valence-electron chi connectivity index (χ2n) is 0. The Balaban J connectivity index is 0. The van der Waals surface area contributed by atoms with Crippen molar-refractivity contribution < 1.29 is 61.7 Å². The zero-order chi connectivity index (χ0) is 0. The molecule has 5 heavy (non-hydrogen) atoms. The molecule has 0 heterocycles. The van der Waals surface area contributed by atoms with Gasteiger partial charge in [-0.2, -0.15) is 0 Å². The largest absolute Gasteiger partial charge is 2.00 e. The normalized spacial score (nSPS) is 0. The second kappa shape index (κ2) is 53.9. The molecular formula is H4Br2CoO2. The van der Waals surface area contributed by atoms with Crippen LogP contribution in [-0.4, -0.2) is 11.0 Å². The SMILES string of the molecule is O.O.[Br-].[Br-].[Co+2]. The van der Waals surface area contributed by atoms with Gasteiger partial charge in [0.2, 0.25) is 0 Å². The molecular weight excluding hydrogens is 251 g/mol. The van der Waals surface area contributed by atoms with Crippen molar-refractivity contribution in [3.05, 3.63) is 0 Å². The van der Waals surface area contributed by atoms with Gasteiger partial charge in [-0.15, -0.1) is 0 Å². The van der Waals surface area contributed by atoms with Crippen LogP contribution in [0.2, 0.25) is 0 Å². The Hall–Kier alpha value is 1.39. The molecule has 1 radical (unpaired) electrons. The average Bonchev–Trinajstić information content (AvgIpc) is 0. The molecule has 0 atom stereocenters. The van der Waals surface area contributed by atoms with Gasteiger partial charge in [-0.3, -0.25) is 0 Å². The van der Waals surface area contributed by atoms with E-state index in [9.17, 15) is 0 Å². The Kier molecular flexibility index (Phi) is 1040. The van der Waals surface area contributed by atoms with Crippen LogP contribution >= 0.6 is 0 Å². The van der Waals surface area contributed by atoms with Gasteiger partial charge in [0.25, 0.3) is 0 Å². The number of rotatable bonds is 0. The third-order valence-electron chi connectivity index (χ3n) is 0. The molecule has 0 bridgehead atoms. The maximum Gasteiger partial charge on any atom is 2.00 e. The van der Waals surface area contributed by atoms with Crippen LogP contribution in [0.4, 0.5) is 0 Å². The Morgan fingerprint density at radius 1 is 0.600 bits per heavy atom. The molecule has 2 nitrogen and oxygen atoms in total. The van der Waals surface area contributed by atoms with Gasteiger partial charge >= 0.3 is 16.8 Å². The Bertz CT molecular complexity index is 7.61. The first-order chi connectivity index (χ1) is 0. The summed E-state index contributed by atoms with van der Waals surface area (Å²) in [5, 5.41) is 0. The van der Waals surface area contributed by atoms with Gasteiger partial charge in [0.05, 0.1) is 0 Å². The molecule has 0 saturated carbocycles. The second-order valence-corrected chi connectivity index (χ2v) is 0. The van der Waals surface area contributed by atoms with Crippen LogP contribution < -0.4 is 34.0 Å². The van der Waals surface area contributed by atoms with E-state index < -0.39 is 0 Å².